The maximum atomic E-state index is 11.0. The van der Waals surface area contributed by atoms with Gasteiger partial charge in [-0.25, -0.2) is 0 Å². The van der Waals surface area contributed by atoms with E-state index in [4.69, 9.17) is 32.7 Å². The molecule has 0 aliphatic rings. The Hall–Kier alpha value is -2.12. The highest BCUT2D eigenvalue weighted by molar-refractivity contribution is 6.30. The summed E-state index contributed by atoms with van der Waals surface area (Å²) in [7, 11) is 0. The topological polar surface area (TPSA) is 62.2 Å². The fourth-order valence-electron chi connectivity index (χ4n) is 4.07. The van der Waals surface area contributed by atoms with Crippen LogP contribution in [-0.4, -0.2) is 54.1 Å². The molecule has 3 aromatic rings. The van der Waals surface area contributed by atoms with Gasteiger partial charge in [0.1, 0.15) is 12.4 Å². The van der Waals surface area contributed by atoms with Crippen LogP contribution >= 0.6 is 23.2 Å². The van der Waals surface area contributed by atoms with Gasteiger partial charge in [0.15, 0.2) is 0 Å². The zero-order valence-electron chi connectivity index (χ0n) is 20.8. The van der Waals surface area contributed by atoms with Crippen LogP contribution in [0.15, 0.2) is 72.8 Å². The smallest absolute Gasteiger partial charge is 0.119 e. The monoisotopic (exact) mass is 531 g/mol. The number of hydrogen-bond acceptors (Lipinski definition) is 5. The molecule has 5 nitrogen and oxygen atoms in total. The third-order valence-corrected chi connectivity index (χ3v) is 6.53. The molecule has 3 rings (SSSR count). The number of nitrogens with zero attached hydrogens (tertiary/aromatic N) is 1. The second kappa shape index (κ2) is 14.6. The summed E-state index contributed by atoms with van der Waals surface area (Å²) in [4.78, 5) is 2.10. The Labute approximate surface area is 224 Å². The second-order valence-corrected chi connectivity index (χ2v) is 9.71. The Morgan fingerprint density at radius 1 is 0.806 bits per heavy atom. The molecule has 7 heteroatoms. The van der Waals surface area contributed by atoms with E-state index in [2.05, 4.69) is 11.8 Å². The summed E-state index contributed by atoms with van der Waals surface area (Å²) < 4.78 is 11.0. The van der Waals surface area contributed by atoms with Gasteiger partial charge in [0.2, 0.25) is 0 Å². The number of halogens is 2. The van der Waals surface area contributed by atoms with E-state index in [-0.39, 0.29) is 6.04 Å². The van der Waals surface area contributed by atoms with Crippen molar-refractivity contribution in [3.8, 4) is 5.75 Å². The zero-order chi connectivity index (χ0) is 25.9. The SMILES string of the molecule is CCOCCOc1ccc(C[C@H](C)N(CC(O)c2cccc(Cl)c2)C[C@@H](O)c2cccc(Cl)c2)cc1. The summed E-state index contributed by atoms with van der Waals surface area (Å²) in [5, 5.41) is 23.1. The van der Waals surface area contributed by atoms with Crippen molar-refractivity contribution in [2.45, 2.75) is 38.5 Å². The fourth-order valence-corrected chi connectivity index (χ4v) is 4.47. The van der Waals surface area contributed by atoms with Crippen LogP contribution in [-0.2, 0) is 11.2 Å². The molecule has 0 aliphatic carbocycles. The molecule has 36 heavy (non-hydrogen) atoms. The highest BCUT2D eigenvalue weighted by atomic mass is 35.5. The predicted molar refractivity (Wildman–Crippen MR) is 146 cm³/mol. The Morgan fingerprint density at radius 2 is 1.36 bits per heavy atom. The molecule has 0 spiro atoms. The molecular formula is C29H35Cl2NO4. The second-order valence-electron chi connectivity index (χ2n) is 8.84. The first-order valence-electron chi connectivity index (χ1n) is 12.3. The van der Waals surface area contributed by atoms with Crippen LogP contribution < -0.4 is 4.74 Å². The van der Waals surface area contributed by atoms with Gasteiger partial charge < -0.3 is 19.7 Å². The van der Waals surface area contributed by atoms with Crippen LogP contribution in [0.5, 0.6) is 5.75 Å². The van der Waals surface area contributed by atoms with E-state index in [0.717, 1.165) is 28.9 Å². The minimum absolute atomic E-state index is 0.0393. The van der Waals surface area contributed by atoms with Crippen LogP contribution in [0.1, 0.15) is 42.7 Å². The average Bonchev–Trinajstić information content (AvgIpc) is 2.87. The Kier molecular flexibility index (Phi) is 11.5. The molecule has 0 bridgehead atoms. The average molecular weight is 533 g/mol. The highest BCUT2D eigenvalue weighted by Crippen LogP contribution is 2.24. The maximum absolute atomic E-state index is 11.0. The molecule has 194 valence electrons. The third-order valence-electron chi connectivity index (χ3n) is 6.06. The lowest BCUT2D eigenvalue weighted by molar-refractivity contribution is 0.0480. The lowest BCUT2D eigenvalue weighted by Crippen LogP contribution is -2.40. The third kappa shape index (κ3) is 9.07. The summed E-state index contributed by atoms with van der Waals surface area (Å²) in [6.45, 7) is 6.50. The van der Waals surface area contributed by atoms with E-state index < -0.39 is 12.2 Å². The standard InChI is InChI=1S/C29H35Cl2NO4/c1-3-35-14-15-36-27-12-10-22(11-13-27)16-21(2)32(19-28(33)23-6-4-8-25(30)17-23)20-29(34)24-7-5-9-26(31)18-24/h4-13,17-18,21,28-29,33-34H,3,14-16,19-20H2,1-2H3/t21-,28+,29?/m0/s1. The minimum Gasteiger partial charge on any atom is -0.491 e. The van der Waals surface area contributed by atoms with Gasteiger partial charge in [0.05, 0.1) is 18.8 Å². The van der Waals surface area contributed by atoms with Gasteiger partial charge in [-0.05, 0) is 73.4 Å². The van der Waals surface area contributed by atoms with E-state index >= 15 is 0 Å². The van der Waals surface area contributed by atoms with Crippen LogP contribution in [0, 0.1) is 0 Å². The number of hydrogen-bond donors (Lipinski definition) is 2. The first-order chi connectivity index (χ1) is 17.4. The number of rotatable bonds is 14. The first kappa shape index (κ1) is 28.5. The fraction of sp³-hybridized carbons (Fsp3) is 0.379. The van der Waals surface area contributed by atoms with E-state index in [1.807, 2.05) is 55.5 Å². The minimum atomic E-state index is -0.751. The molecule has 0 aromatic heterocycles. The molecule has 3 atom stereocenters. The Bertz CT molecular complexity index is 1010. The van der Waals surface area contributed by atoms with Gasteiger partial charge in [0.25, 0.3) is 0 Å². The molecular weight excluding hydrogens is 497 g/mol. The summed E-state index contributed by atoms with van der Waals surface area (Å²) in [5.74, 6) is 0.802. The van der Waals surface area contributed by atoms with E-state index in [9.17, 15) is 10.2 Å². The van der Waals surface area contributed by atoms with Gasteiger partial charge in [-0.15, -0.1) is 0 Å². The number of ether oxygens (including phenoxy) is 2. The normalized spacial score (nSPS) is 14.0. The number of aliphatic hydroxyl groups is 2. The van der Waals surface area contributed by atoms with E-state index in [1.54, 1.807) is 24.3 Å². The zero-order valence-corrected chi connectivity index (χ0v) is 22.3. The molecule has 2 N–H and O–H groups in total. The van der Waals surface area contributed by atoms with Crippen molar-refractivity contribution in [3.05, 3.63) is 99.5 Å². The van der Waals surface area contributed by atoms with Crippen molar-refractivity contribution >= 4 is 23.2 Å². The molecule has 0 aliphatic heterocycles. The van der Waals surface area contributed by atoms with Crippen LogP contribution in [0.4, 0.5) is 0 Å². The summed E-state index contributed by atoms with van der Waals surface area (Å²) in [6, 6.07) is 22.5. The van der Waals surface area contributed by atoms with Crippen molar-refractivity contribution in [2.24, 2.45) is 0 Å². The van der Waals surface area contributed by atoms with E-state index in [1.165, 1.54) is 0 Å². The van der Waals surface area contributed by atoms with Crippen molar-refractivity contribution in [1.29, 1.82) is 0 Å². The molecule has 3 aromatic carbocycles. The first-order valence-corrected chi connectivity index (χ1v) is 13.0. The summed E-state index contributed by atoms with van der Waals surface area (Å²) >= 11 is 12.3. The molecule has 0 fully saturated rings. The predicted octanol–water partition coefficient (Wildman–Crippen LogP) is 6.11. The molecule has 0 saturated carbocycles. The lowest BCUT2D eigenvalue weighted by atomic mass is 10.0. The van der Waals surface area contributed by atoms with Gasteiger partial charge >= 0.3 is 0 Å². The van der Waals surface area contributed by atoms with Gasteiger partial charge in [-0.3, -0.25) is 4.90 Å². The Balaban J connectivity index is 1.70. The number of aliphatic hydroxyl groups excluding tert-OH is 2. The van der Waals surface area contributed by atoms with E-state index in [0.29, 0.717) is 43.0 Å². The van der Waals surface area contributed by atoms with Crippen LogP contribution in [0.3, 0.4) is 0 Å². The molecule has 0 heterocycles. The molecule has 0 radical (unpaired) electrons. The Morgan fingerprint density at radius 3 is 1.86 bits per heavy atom. The quantitative estimate of drug-likeness (QED) is 0.246. The van der Waals surface area contributed by atoms with Crippen molar-refractivity contribution in [1.82, 2.24) is 4.90 Å². The molecule has 1 unspecified atom stereocenters. The number of benzene rings is 3. The largest absolute Gasteiger partial charge is 0.491 e. The van der Waals surface area contributed by atoms with Crippen molar-refractivity contribution in [3.63, 3.8) is 0 Å². The summed E-state index contributed by atoms with van der Waals surface area (Å²) in [6.07, 6.45) is -0.762. The summed E-state index contributed by atoms with van der Waals surface area (Å²) in [5.41, 5.74) is 2.62. The van der Waals surface area contributed by atoms with Gasteiger partial charge in [-0.2, -0.15) is 0 Å². The maximum Gasteiger partial charge on any atom is 0.119 e. The van der Waals surface area contributed by atoms with Gasteiger partial charge in [-0.1, -0.05) is 59.6 Å². The van der Waals surface area contributed by atoms with Gasteiger partial charge in [0, 0.05) is 35.8 Å². The highest BCUT2D eigenvalue weighted by Gasteiger charge is 2.23. The van der Waals surface area contributed by atoms with Crippen LogP contribution in [0.2, 0.25) is 10.0 Å². The van der Waals surface area contributed by atoms with Crippen molar-refractivity contribution < 1.29 is 19.7 Å². The molecule has 0 amide bonds. The molecule has 0 saturated heterocycles. The van der Waals surface area contributed by atoms with Crippen molar-refractivity contribution in [2.75, 3.05) is 32.9 Å². The van der Waals surface area contributed by atoms with Crippen LogP contribution in [0.25, 0.3) is 0 Å². The lowest BCUT2D eigenvalue weighted by Gasteiger charge is -2.33.